The van der Waals surface area contributed by atoms with E-state index >= 15 is 0 Å². The number of benzene rings is 2. The van der Waals surface area contributed by atoms with E-state index < -0.39 is 5.97 Å². The fourth-order valence-electron chi connectivity index (χ4n) is 3.60. The van der Waals surface area contributed by atoms with Gasteiger partial charge in [-0.05, 0) is 49.2 Å². The Morgan fingerprint density at radius 1 is 1.12 bits per heavy atom. The first kappa shape index (κ1) is 25.1. The largest absolute Gasteiger partial charge is 0.492 e. The van der Waals surface area contributed by atoms with Crippen molar-refractivity contribution in [1.29, 1.82) is 0 Å². The Kier molecular flexibility index (Phi) is 9.47. The molecule has 172 valence electrons. The lowest BCUT2D eigenvalue weighted by Gasteiger charge is -2.15. The predicted octanol–water partition coefficient (Wildman–Crippen LogP) is 5.18. The Bertz CT molecular complexity index is 1070. The van der Waals surface area contributed by atoms with Gasteiger partial charge in [-0.1, -0.05) is 45.9 Å². The van der Waals surface area contributed by atoms with E-state index in [9.17, 15) is 14.7 Å². The summed E-state index contributed by atoms with van der Waals surface area (Å²) in [4.78, 5) is 24.8. The molecule has 1 heterocycles. The molecular weight excluding hydrogens is 406 g/mol. The maximum absolute atomic E-state index is 13.5. The van der Waals surface area contributed by atoms with Gasteiger partial charge in [0.05, 0.1) is 5.56 Å². The van der Waals surface area contributed by atoms with Gasteiger partial charge < -0.3 is 19.6 Å². The minimum Gasteiger partial charge on any atom is -0.492 e. The van der Waals surface area contributed by atoms with Crippen LogP contribution >= 0.6 is 0 Å². The molecule has 0 radical (unpaired) electrons. The summed E-state index contributed by atoms with van der Waals surface area (Å²) in [6.07, 6.45) is 0.369. The van der Waals surface area contributed by atoms with Crippen molar-refractivity contribution in [1.82, 2.24) is 5.32 Å². The van der Waals surface area contributed by atoms with Crippen molar-refractivity contribution in [3.63, 3.8) is 0 Å². The number of ketones is 1. The van der Waals surface area contributed by atoms with Crippen molar-refractivity contribution < 1.29 is 23.8 Å². The molecule has 1 aromatic heterocycles. The molecule has 0 spiro atoms. The van der Waals surface area contributed by atoms with Gasteiger partial charge in [0.25, 0.3) is 0 Å². The van der Waals surface area contributed by atoms with Crippen LogP contribution in [0.5, 0.6) is 5.75 Å². The van der Waals surface area contributed by atoms with Gasteiger partial charge >= 0.3 is 5.97 Å². The first-order valence-electron chi connectivity index (χ1n) is 11.2. The van der Waals surface area contributed by atoms with E-state index in [-0.39, 0.29) is 18.0 Å². The van der Waals surface area contributed by atoms with E-state index in [0.29, 0.717) is 35.1 Å². The fourth-order valence-corrected chi connectivity index (χ4v) is 3.60. The van der Waals surface area contributed by atoms with E-state index in [0.717, 1.165) is 30.0 Å². The van der Waals surface area contributed by atoms with Crippen molar-refractivity contribution in [2.45, 2.75) is 47.5 Å². The molecule has 0 bridgehead atoms. The number of nitrogens with one attached hydrogen (secondary N) is 1. The third-order valence-electron chi connectivity index (χ3n) is 4.98. The van der Waals surface area contributed by atoms with Gasteiger partial charge in [-0.3, -0.25) is 9.59 Å². The van der Waals surface area contributed by atoms with E-state index in [1.165, 1.54) is 0 Å². The quantitative estimate of drug-likeness (QED) is 0.334. The van der Waals surface area contributed by atoms with E-state index in [1.807, 2.05) is 46.8 Å². The third-order valence-corrected chi connectivity index (χ3v) is 4.98. The van der Waals surface area contributed by atoms with Gasteiger partial charge in [-0.15, -0.1) is 0 Å². The minimum absolute atomic E-state index is 0.176. The highest BCUT2D eigenvalue weighted by molar-refractivity contribution is 6.17. The average Bonchev–Trinajstić information content (AvgIpc) is 3.15. The number of likely N-dealkylation sites (N-methyl/N-ethyl adjacent to an activating group) is 1. The number of fused-ring (bicyclic) bond motifs is 1. The Balaban J connectivity index is 0.00000176. The van der Waals surface area contributed by atoms with Crippen LogP contribution in [0.2, 0.25) is 0 Å². The van der Waals surface area contributed by atoms with Gasteiger partial charge in [0.15, 0.2) is 5.78 Å². The number of aliphatic carboxylic acids is 1. The van der Waals surface area contributed by atoms with Gasteiger partial charge in [-0.25, -0.2) is 0 Å². The molecule has 0 aliphatic carbocycles. The predicted molar refractivity (Wildman–Crippen MR) is 127 cm³/mol. The number of rotatable bonds is 10. The molecular formula is C26H33NO5. The zero-order valence-electron chi connectivity index (χ0n) is 19.6. The molecule has 6 heteroatoms. The number of carboxylic acid groups (broad SMARTS) is 1. The standard InChI is InChI=1S/C24H27NO5.C2H6/c1-4-16-13-17(12-15(3)24(16)29-11-10-25-5-2)23(28)22-18-8-6-7-9-19(18)30-20(22)14-21(26)27;1-2/h6-9,12-13,25H,4-5,10-11,14H2,1-3H3,(H,26,27);1-2H3. The SMILES string of the molecule is CC.CCNCCOc1c(C)cc(C(=O)c2c(CC(=O)O)oc3ccccc23)cc1CC. The second-order valence-electron chi connectivity index (χ2n) is 7.13. The van der Waals surface area contributed by atoms with Crippen LogP contribution < -0.4 is 10.1 Å². The monoisotopic (exact) mass is 439 g/mol. The van der Waals surface area contributed by atoms with Crippen molar-refractivity contribution in [3.05, 3.63) is 64.4 Å². The molecule has 32 heavy (non-hydrogen) atoms. The van der Waals surface area contributed by atoms with Crippen LogP contribution in [0, 0.1) is 6.92 Å². The lowest BCUT2D eigenvalue weighted by atomic mass is 9.95. The minimum atomic E-state index is -1.04. The molecule has 0 saturated heterocycles. The second kappa shape index (κ2) is 12.1. The summed E-state index contributed by atoms with van der Waals surface area (Å²) in [7, 11) is 0. The zero-order valence-corrected chi connectivity index (χ0v) is 19.6. The lowest BCUT2D eigenvalue weighted by molar-refractivity contribution is -0.136. The van der Waals surface area contributed by atoms with Crippen molar-refractivity contribution in [2.24, 2.45) is 0 Å². The Morgan fingerprint density at radius 2 is 1.84 bits per heavy atom. The fraction of sp³-hybridized carbons (Fsp3) is 0.385. The molecule has 0 atom stereocenters. The third kappa shape index (κ3) is 5.77. The van der Waals surface area contributed by atoms with Crippen molar-refractivity contribution >= 4 is 22.7 Å². The summed E-state index contributed by atoms with van der Waals surface area (Å²) in [6, 6.07) is 10.8. The van der Waals surface area contributed by atoms with E-state index in [1.54, 1.807) is 24.3 Å². The maximum Gasteiger partial charge on any atom is 0.311 e. The van der Waals surface area contributed by atoms with Gasteiger partial charge in [-0.2, -0.15) is 0 Å². The number of hydrogen-bond acceptors (Lipinski definition) is 5. The molecule has 0 amide bonds. The molecule has 3 rings (SSSR count). The van der Waals surface area contributed by atoms with E-state index in [2.05, 4.69) is 5.32 Å². The zero-order chi connectivity index (χ0) is 23.7. The highest BCUT2D eigenvalue weighted by atomic mass is 16.5. The summed E-state index contributed by atoms with van der Waals surface area (Å²) < 4.78 is 11.7. The summed E-state index contributed by atoms with van der Waals surface area (Å²) in [6.45, 7) is 12.2. The number of carbonyl (C=O) groups is 2. The van der Waals surface area contributed by atoms with Crippen LogP contribution in [-0.4, -0.2) is 36.6 Å². The molecule has 0 unspecified atom stereocenters. The van der Waals surface area contributed by atoms with Crippen molar-refractivity contribution in [3.8, 4) is 5.75 Å². The highest BCUT2D eigenvalue weighted by Crippen LogP contribution is 2.32. The van der Waals surface area contributed by atoms with Crippen LogP contribution in [0.25, 0.3) is 11.0 Å². The second-order valence-corrected chi connectivity index (χ2v) is 7.13. The topological polar surface area (TPSA) is 88.8 Å². The van der Waals surface area contributed by atoms with Gasteiger partial charge in [0, 0.05) is 17.5 Å². The van der Waals surface area contributed by atoms with Crippen molar-refractivity contribution in [2.75, 3.05) is 19.7 Å². The Labute approximate surface area is 189 Å². The van der Waals surface area contributed by atoms with Crippen LogP contribution in [0.1, 0.15) is 60.5 Å². The summed E-state index contributed by atoms with van der Waals surface area (Å²) in [5, 5.41) is 13.1. The average molecular weight is 440 g/mol. The summed E-state index contributed by atoms with van der Waals surface area (Å²) >= 11 is 0. The number of aryl methyl sites for hydroxylation is 2. The van der Waals surface area contributed by atoms with Gasteiger partial charge in [0.2, 0.25) is 0 Å². The summed E-state index contributed by atoms with van der Waals surface area (Å²) in [5.41, 5.74) is 3.15. The number of para-hydroxylation sites is 1. The molecule has 0 fully saturated rings. The first-order valence-corrected chi connectivity index (χ1v) is 11.2. The number of carbonyl (C=O) groups excluding carboxylic acids is 1. The number of furan rings is 1. The number of carboxylic acids is 1. The normalized spacial score (nSPS) is 10.5. The van der Waals surface area contributed by atoms with Crippen LogP contribution in [0.4, 0.5) is 0 Å². The molecule has 0 aliphatic rings. The van der Waals surface area contributed by atoms with Crippen LogP contribution in [0.3, 0.4) is 0 Å². The van der Waals surface area contributed by atoms with E-state index in [4.69, 9.17) is 9.15 Å². The molecule has 6 nitrogen and oxygen atoms in total. The number of ether oxygens (including phenoxy) is 1. The maximum atomic E-state index is 13.5. The van der Waals surface area contributed by atoms with Gasteiger partial charge in [0.1, 0.15) is 30.1 Å². The Morgan fingerprint density at radius 3 is 2.50 bits per heavy atom. The smallest absolute Gasteiger partial charge is 0.311 e. The lowest BCUT2D eigenvalue weighted by Crippen LogP contribution is -2.21. The number of hydrogen-bond donors (Lipinski definition) is 2. The summed E-state index contributed by atoms with van der Waals surface area (Å²) in [5.74, 6) is -0.309. The molecule has 0 saturated carbocycles. The van der Waals surface area contributed by atoms with Crippen LogP contribution in [-0.2, 0) is 17.6 Å². The molecule has 2 N–H and O–H groups in total. The molecule has 2 aromatic carbocycles. The Hall–Kier alpha value is -3.12. The first-order chi connectivity index (χ1) is 15.5. The molecule has 0 aliphatic heterocycles. The highest BCUT2D eigenvalue weighted by Gasteiger charge is 2.24. The van der Waals surface area contributed by atoms with Crippen LogP contribution in [0.15, 0.2) is 40.8 Å². The molecule has 3 aromatic rings.